The molecule has 1 fully saturated rings. The molecule has 1 aromatic heterocycles. The van der Waals surface area contributed by atoms with E-state index in [9.17, 15) is 0 Å². The van der Waals surface area contributed by atoms with Crippen LogP contribution in [0, 0.1) is 18.8 Å². The van der Waals surface area contributed by atoms with Gasteiger partial charge in [0.2, 0.25) is 0 Å². The average Bonchev–Trinajstić information content (AvgIpc) is 2.37. The highest BCUT2D eigenvalue weighted by atomic mass is 14.9. The molecule has 2 unspecified atom stereocenters. The Hall–Kier alpha value is -0.890. The lowest BCUT2D eigenvalue weighted by atomic mass is 9.81. The van der Waals surface area contributed by atoms with Crippen molar-refractivity contribution in [3.8, 4) is 0 Å². The first kappa shape index (κ1) is 13.5. The molecule has 2 atom stereocenters. The highest BCUT2D eigenvalue weighted by Crippen LogP contribution is 2.30. The molecule has 1 saturated carbocycles. The quantitative estimate of drug-likeness (QED) is 0.801. The number of aryl methyl sites for hydroxylation is 1. The normalized spacial score (nSPS) is 24.1. The van der Waals surface area contributed by atoms with Gasteiger partial charge in [0, 0.05) is 12.7 Å². The van der Waals surface area contributed by atoms with Gasteiger partial charge in [0.25, 0.3) is 0 Å². The van der Waals surface area contributed by atoms with Crippen LogP contribution < -0.4 is 5.32 Å². The summed E-state index contributed by atoms with van der Waals surface area (Å²) >= 11 is 0. The first-order chi connectivity index (χ1) is 8.75. The summed E-state index contributed by atoms with van der Waals surface area (Å²) in [4.78, 5) is 4.41. The third-order valence-electron chi connectivity index (χ3n) is 4.18. The van der Waals surface area contributed by atoms with Crippen molar-refractivity contribution in [2.24, 2.45) is 11.8 Å². The summed E-state index contributed by atoms with van der Waals surface area (Å²) in [6.07, 6.45) is 8.96. The van der Waals surface area contributed by atoms with Crippen molar-refractivity contribution >= 4 is 0 Å². The minimum absolute atomic E-state index is 0.912. The lowest BCUT2D eigenvalue weighted by Crippen LogP contribution is -2.21. The molecule has 1 N–H and O–H groups in total. The van der Waals surface area contributed by atoms with Gasteiger partial charge in [-0.15, -0.1) is 0 Å². The first-order valence-electron chi connectivity index (χ1n) is 7.37. The summed E-state index contributed by atoms with van der Waals surface area (Å²) in [5, 5.41) is 3.54. The molecule has 1 aliphatic rings. The van der Waals surface area contributed by atoms with Crippen molar-refractivity contribution in [3.05, 3.63) is 29.6 Å². The third kappa shape index (κ3) is 4.09. The Morgan fingerprint density at radius 3 is 3.06 bits per heavy atom. The van der Waals surface area contributed by atoms with Crippen LogP contribution in [0.1, 0.15) is 50.3 Å². The number of hydrogen-bond acceptors (Lipinski definition) is 2. The van der Waals surface area contributed by atoms with E-state index in [1.54, 1.807) is 0 Å². The lowest BCUT2D eigenvalue weighted by molar-refractivity contribution is 0.267. The van der Waals surface area contributed by atoms with E-state index in [0.29, 0.717) is 0 Å². The van der Waals surface area contributed by atoms with Crippen LogP contribution in [0.2, 0.25) is 0 Å². The molecule has 100 valence electrons. The molecular weight excluding hydrogens is 220 g/mol. The van der Waals surface area contributed by atoms with Gasteiger partial charge in [-0.3, -0.25) is 4.98 Å². The van der Waals surface area contributed by atoms with Gasteiger partial charge in [0.15, 0.2) is 0 Å². The second-order valence-electron chi connectivity index (χ2n) is 5.87. The SMILES string of the molecule is Cc1cccnc1CNCCC1CCCC(C)C1. The topological polar surface area (TPSA) is 24.9 Å². The molecule has 2 nitrogen and oxygen atoms in total. The molecule has 1 heterocycles. The molecule has 2 heteroatoms. The van der Waals surface area contributed by atoms with Crippen LogP contribution in [0.4, 0.5) is 0 Å². The van der Waals surface area contributed by atoms with Crippen LogP contribution in [-0.2, 0) is 6.54 Å². The van der Waals surface area contributed by atoms with Gasteiger partial charge in [-0.1, -0.05) is 32.3 Å². The Labute approximate surface area is 111 Å². The average molecular weight is 246 g/mol. The Bertz CT molecular complexity index is 362. The molecule has 0 amide bonds. The van der Waals surface area contributed by atoms with Gasteiger partial charge in [-0.25, -0.2) is 0 Å². The van der Waals surface area contributed by atoms with Gasteiger partial charge >= 0.3 is 0 Å². The Balaban J connectivity index is 1.65. The van der Waals surface area contributed by atoms with Crippen molar-refractivity contribution in [2.45, 2.75) is 52.5 Å². The highest BCUT2D eigenvalue weighted by Gasteiger charge is 2.18. The second-order valence-corrected chi connectivity index (χ2v) is 5.87. The maximum absolute atomic E-state index is 4.41. The monoisotopic (exact) mass is 246 g/mol. The summed E-state index contributed by atoms with van der Waals surface area (Å²) in [6, 6.07) is 4.13. The third-order valence-corrected chi connectivity index (χ3v) is 4.18. The number of aromatic nitrogens is 1. The van der Waals surface area contributed by atoms with Gasteiger partial charge < -0.3 is 5.32 Å². The van der Waals surface area contributed by atoms with E-state index < -0.39 is 0 Å². The second kappa shape index (κ2) is 6.89. The van der Waals surface area contributed by atoms with E-state index >= 15 is 0 Å². The molecule has 1 aromatic rings. The zero-order valence-electron chi connectivity index (χ0n) is 11.8. The molecule has 0 bridgehead atoms. The highest BCUT2D eigenvalue weighted by molar-refractivity contribution is 5.17. The van der Waals surface area contributed by atoms with Crippen LogP contribution in [0.25, 0.3) is 0 Å². The fourth-order valence-corrected chi connectivity index (χ4v) is 3.04. The van der Waals surface area contributed by atoms with Crippen molar-refractivity contribution in [2.75, 3.05) is 6.54 Å². The maximum atomic E-state index is 4.41. The van der Waals surface area contributed by atoms with E-state index in [2.05, 4.69) is 30.2 Å². The van der Waals surface area contributed by atoms with Crippen molar-refractivity contribution < 1.29 is 0 Å². The lowest BCUT2D eigenvalue weighted by Gasteiger charge is -2.26. The Kier molecular flexibility index (Phi) is 5.18. The largest absolute Gasteiger partial charge is 0.311 e. The smallest absolute Gasteiger partial charge is 0.0570 e. The predicted octanol–water partition coefficient (Wildman–Crippen LogP) is 3.70. The first-order valence-corrected chi connectivity index (χ1v) is 7.37. The fraction of sp³-hybridized carbons (Fsp3) is 0.688. The van der Waals surface area contributed by atoms with Gasteiger partial charge in [-0.2, -0.15) is 0 Å². The molecule has 0 spiro atoms. The van der Waals surface area contributed by atoms with Crippen LogP contribution in [-0.4, -0.2) is 11.5 Å². The van der Waals surface area contributed by atoms with E-state index in [0.717, 1.165) is 24.9 Å². The molecular formula is C16H26N2. The number of nitrogens with one attached hydrogen (secondary N) is 1. The van der Waals surface area contributed by atoms with Gasteiger partial charge in [0.1, 0.15) is 0 Å². The molecule has 2 rings (SSSR count). The van der Waals surface area contributed by atoms with Crippen molar-refractivity contribution in [3.63, 3.8) is 0 Å². The fourth-order valence-electron chi connectivity index (χ4n) is 3.04. The number of nitrogens with zero attached hydrogens (tertiary/aromatic N) is 1. The summed E-state index contributed by atoms with van der Waals surface area (Å²) in [5.41, 5.74) is 2.48. The number of rotatable bonds is 5. The van der Waals surface area contributed by atoms with E-state index in [1.165, 1.54) is 43.4 Å². The zero-order chi connectivity index (χ0) is 12.8. The molecule has 0 aromatic carbocycles. The molecule has 0 aliphatic heterocycles. The minimum Gasteiger partial charge on any atom is -0.311 e. The predicted molar refractivity (Wildman–Crippen MR) is 76.4 cm³/mol. The summed E-state index contributed by atoms with van der Waals surface area (Å²) < 4.78 is 0. The molecule has 0 radical (unpaired) electrons. The van der Waals surface area contributed by atoms with E-state index in [-0.39, 0.29) is 0 Å². The van der Waals surface area contributed by atoms with Crippen molar-refractivity contribution in [1.29, 1.82) is 0 Å². The minimum atomic E-state index is 0.912. The van der Waals surface area contributed by atoms with Crippen LogP contribution in [0.15, 0.2) is 18.3 Å². The Morgan fingerprint density at radius 2 is 2.28 bits per heavy atom. The van der Waals surface area contributed by atoms with E-state index in [1.807, 2.05) is 12.3 Å². The summed E-state index contributed by atoms with van der Waals surface area (Å²) in [5.74, 6) is 1.90. The van der Waals surface area contributed by atoms with Gasteiger partial charge in [-0.05, 0) is 49.8 Å². The van der Waals surface area contributed by atoms with Crippen LogP contribution in [0.3, 0.4) is 0 Å². The Morgan fingerprint density at radius 1 is 1.39 bits per heavy atom. The summed E-state index contributed by atoms with van der Waals surface area (Å²) in [6.45, 7) is 6.58. The molecule has 18 heavy (non-hydrogen) atoms. The van der Waals surface area contributed by atoms with Crippen LogP contribution in [0.5, 0.6) is 0 Å². The maximum Gasteiger partial charge on any atom is 0.0570 e. The standard InChI is InChI=1S/C16H26N2/c1-13-5-3-7-15(11-13)8-10-17-12-16-14(2)6-4-9-18-16/h4,6,9,13,15,17H,3,5,7-8,10-12H2,1-2H3. The van der Waals surface area contributed by atoms with Gasteiger partial charge in [0.05, 0.1) is 5.69 Å². The van der Waals surface area contributed by atoms with Crippen molar-refractivity contribution in [1.82, 2.24) is 10.3 Å². The van der Waals surface area contributed by atoms with E-state index in [4.69, 9.17) is 0 Å². The summed E-state index contributed by atoms with van der Waals surface area (Å²) in [7, 11) is 0. The van der Waals surface area contributed by atoms with Crippen LogP contribution >= 0.6 is 0 Å². The molecule has 0 saturated heterocycles. The molecule has 1 aliphatic carbocycles. The number of hydrogen-bond donors (Lipinski definition) is 1. The zero-order valence-corrected chi connectivity index (χ0v) is 11.8. The number of pyridine rings is 1.